The quantitative estimate of drug-likeness (QED) is 0.582. The number of aliphatic hydroxyl groups is 1. The minimum atomic E-state index is -1.17. The first-order valence-corrected chi connectivity index (χ1v) is 3.24. The smallest absolute Gasteiger partial charge is 0.196 e. The Morgan fingerprint density at radius 1 is 1.64 bits per heavy atom. The Morgan fingerprint density at radius 2 is 2.27 bits per heavy atom. The summed E-state index contributed by atoms with van der Waals surface area (Å²) in [6, 6.07) is 0. The van der Waals surface area contributed by atoms with Crippen molar-refractivity contribution in [3.05, 3.63) is 36.1 Å². The van der Waals surface area contributed by atoms with Gasteiger partial charge in [-0.1, -0.05) is 6.08 Å². The van der Waals surface area contributed by atoms with Crippen molar-refractivity contribution in [2.24, 2.45) is 5.92 Å². The van der Waals surface area contributed by atoms with E-state index >= 15 is 0 Å². The highest BCUT2D eigenvalue weighted by molar-refractivity contribution is 5.29. The minimum Gasteiger partial charge on any atom is -0.505 e. The van der Waals surface area contributed by atoms with Crippen LogP contribution in [0.2, 0.25) is 0 Å². The molecule has 1 nitrogen and oxygen atoms in total. The molecule has 0 aromatic carbocycles. The maximum Gasteiger partial charge on any atom is 0.196 e. The first-order chi connectivity index (χ1) is 5.16. The molecule has 1 N–H and O–H groups in total. The second kappa shape index (κ2) is 2.86. The number of allylic oxidation sites excluding steroid dienone is 4. The van der Waals surface area contributed by atoms with Gasteiger partial charge in [-0.15, -0.1) is 6.58 Å². The molecule has 0 radical (unpaired) electrons. The van der Waals surface area contributed by atoms with E-state index in [1.54, 1.807) is 0 Å². The van der Waals surface area contributed by atoms with Crippen LogP contribution in [0, 0.1) is 5.92 Å². The molecule has 1 aliphatic carbocycles. The van der Waals surface area contributed by atoms with E-state index in [2.05, 4.69) is 6.58 Å². The summed E-state index contributed by atoms with van der Waals surface area (Å²) in [5.74, 6) is -3.33. The number of hydrogen-bond donors (Lipinski definition) is 1. The lowest BCUT2D eigenvalue weighted by Gasteiger charge is -2.13. The Kier molecular flexibility index (Phi) is 2.08. The van der Waals surface area contributed by atoms with Gasteiger partial charge in [0.25, 0.3) is 0 Å². The fourth-order valence-electron chi connectivity index (χ4n) is 0.916. The lowest BCUT2D eigenvalue weighted by molar-refractivity contribution is 0.350. The monoisotopic (exact) mass is 158 g/mol. The molecule has 0 aromatic heterocycles. The highest BCUT2D eigenvalue weighted by Gasteiger charge is 2.22. The average Bonchev–Trinajstić information content (AvgIpc) is 2.01. The van der Waals surface area contributed by atoms with Crippen LogP contribution in [0.1, 0.15) is 6.42 Å². The third kappa shape index (κ3) is 1.31. The van der Waals surface area contributed by atoms with Gasteiger partial charge in [0.15, 0.2) is 5.83 Å². The van der Waals surface area contributed by atoms with Gasteiger partial charge in [0.1, 0.15) is 11.6 Å². The highest BCUT2D eigenvalue weighted by Crippen LogP contribution is 2.30. The van der Waals surface area contributed by atoms with E-state index in [1.807, 2.05) is 0 Å². The molecule has 1 unspecified atom stereocenters. The zero-order chi connectivity index (χ0) is 8.43. The summed E-state index contributed by atoms with van der Waals surface area (Å²) in [7, 11) is 0. The van der Waals surface area contributed by atoms with E-state index in [4.69, 9.17) is 5.11 Å². The molecule has 0 spiro atoms. The van der Waals surface area contributed by atoms with Crippen LogP contribution in [0.25, 0.3) is 0 Å². The molecule has 0 bridgehead atoms. The second-order valence-corrected chi connectivity index (χ2v) is 2.33. The predicted molar refractivity (Wildman–Crippen MR) is 38.3 cm³/mol. The number of aliphatic hydroxyl groups excluding tert-OH is 1. The average molecular weight is 158 g/mol. The fraction of sp³-hybridized carbons (Fsp3) is 0.250. The maximum absolute atomic E-state index is 12.7. The summed E-state index contributed by atoms with van der Waals surface area (Å²) in [6.45, 7) is 3.34. The fourth-order valence-corrected chi connectivity index (χ4v) is 0.916. The number of rotatable bonds is 1. The Morgan fingerprint density at radius 3 is 2.82 bits per heavy atom. The standard InChI is InChI=1S/C8H8F2O/c1-2-5-3-4-6(11)8(10)7(5)9/h2,4-5,11H,1,3H2. The summed E-state index contributed by atoms with van der Waals surface area (Å²) in [5, 5.41) is 8.72. The molecule has 0 fully saturated rings. The van der Waals surface area contributed by atoms with Gasteiger partial charge in [-0.25, -0.2) is 8.78 Å². The molecule has 0 aromatic rings. The highest BCUT2D eigenvalue weighted by atomic mass is 19.2. The van der Waals surface area contributed by atoms with E-state index in [0.29, 0.717) is 0 Å². The second-order valence-electron chi connectivity index (χ2n) is 2.33. The van der Waals surface area contributed by atoms with Gasteiger partial charge >= 0.3 is 0 Å². The maximum atomic E-state index is 12.7. The Labute approximate surface area is 63.3 Å². The number of hydrogen-bond acceptors (Lipinski definition) is 1. The van der Waals surface area contributed by atoms with Gasteiger partial charge in [-0.2, -0.15) is 0 Å². The molecule has 0 saturated heterocycles. The minimum absolute atomic E-state index is 0.272. The van der Waals surface area contributed by atoms with Crippen molar-refractivity contribution < 1.29 is 13.9 Å². The Bertz CT molecular complexity index is 240. The van der Waals surface area contributed by atoms with E-state index < -0.39 is 23.3 Å². The summed E-state index contributed by atoms with van der Waals surface area (Å²) in [4.78, 5) is 0. The normalized spacial score (nSPS) is 24.9. The van der Waals surface area contributed by atoms with Gasteiger partial charge in [0.05, 0.1) is 0 Å². The molecule has 1 atom stereocenters. The molecule has 0 heterocycles. The van der Waals surface area contributed by atoms with E-state index in [9.17, 15) is 8.78 Å². The van der Waals surface area contributed by atoms with Crippen molar-refractivity contribution in [1.29, 1.82) is 0 Å². The van der Waals surface area contributed by atoms with Crippen LogP contribution in [-0.2, 0) is 0 Å². The third-order valence-electron chi connectivity index (χ3n) is 1.61. The lowest BCUT2D eigenvalue weighted by Crippen LogP contribution is -2.04. The zero-order valence-corrected chi connectivity index (χ0v) is 5.85. The van der Waals surface area contributed by atoms with E-state index in [1.165, 1.54) is 12.2 Å². The predicted octanol–water partition coefficient (Wildman–Crippen LogP) is 2.78. The zero-order valence-electron chi connectivity index (χ0n) is 5.85. The molecule has 0 amide bonds. The molecule has 11 heavy (non-hydrogen) atoms. The van der Waals surface area contributed by atoms with Gasteiger partial charge in [0.2, 0.25) is 0 Å². The summed E-state index contributed by atoms with van der Waals surface area (Å²) in [6.07, 6.45) is 2.83. The summed E-state index contributed by atoms with van der Waals surface area (Å²) in [5.41, 5.74) is 0. The largest absolute Gasteiger partial charge is 0.505 e. The molecule has 1 rings (SSSR count). The Hall–Kier alpha value is -1.12. The lowest BCUT2D eigenvalue weighted by atomic mass is 9.98. The van der Waals surface area contributed by atoms with Crippen LogP contribution in [-0.4, -0.2) is 5.11 Å². The van der Waals surface area contributed by atoms with Crippen molar-refractivity contribution >= 4 is 0 Å². The van der Waals surface area contributed by atoms with Gasteiger partial charge in [0, 0.05) is 5.92 Å². The van der Waals surface area contributed by atoms with Crippen LogP contribution in [0.4, 0.5) is 8.78 Å². The molecule has 0 saturated carbocycles. The number of halogens is 2. The van der Waals surface area contributed by atoms with Crippen molar-refractivity contribution in [2.45, 2.75) is 6.42 Å². The van der Waals surface area contributed by atoms with Crippen molar-refractivity contribution in [3.63, 3.8) is 0 Å². The molecular weight excluding hydrogens is 150 g/mol. The van der Waals surface area contributed by atoms with Gasteiger partial charge in [-0.3, -0.25) is 0 Å². The molecule has 60 valence electrons. The summed E-state index contributed by atoms with van der Waals surface area (Å²) < 4.78 is 25.3. The third-order valence-corrected chi connectivity index (χ3v) is 1.61. The van der Waals surface area contributed by atoms with Crippen LogP contribution in [0.5, 0.6) is 0 Å². The van der Waals surface area contributed by atoms with Crippen LogP contribution >= 0.6 is 0 Å². The van der Waals surface area contributed by atoms with Crippen LogP contribution < -0.4 is 0 Å². The van der Waals surface area contributed by atoms with Crippen molar-refractivity contribution in [3.8, 4) is 0 Å². The first-order valence-electron chi connectivity index (χ1n) is 3.24. The molecule has 0 aliphatic heterocycles. The SMILES string of the molecule is C=CC1CC=C(O)C(F)=C1F. The first kappa shape index (κ1) is 7.98. The molecular formula is C8H8F2O. The van der Waals surface area contributed by atoms with Crippen molar-refractivity contribution in [2.75, 3.05) is 0 Å². The van der Waals surface area contributed by atoms with Crippen LogP contribution in [0.3, 0.4) is 0 Å². The Balaban J connectivity index is 2.96. The van der Waals surface area contributed by atoms with Gasteiger partial charge < -0.3 is 5.11 Å². The van der Waals surface area contributed by atoms with E-state index in [-0.39, 0.29) is 6.42 Å². The van der Waals surface area contributed by atoms with Crippen LogP contribution in [0.15, 0.2) is 36.1 Å². The molecule has 1 aliphatic rings. The summed E-state index contributed by atoms with van der Waals surface area (Å²) >= 11 is 0. The van der Waals surface area contributed by atoms with Crippen molar-refractivity contribution in [1.82, 2.24) is 0 Å². The van der Waals surface area contributed by atoms with E-state index in [0.717, 1.165) is 0 Å². The molecule has 3 heteroatoms. The topological polar surface area (TPSA) is 20.2 Å². The van der Waals surface area contributed by atoms with Gasteiger partial charge in [-0.05, 0) is 12.5 Å².